The van der Waals surface area contributed by atoms with Gasteiger partial charge in [-0.3, -0.25) is 9.10 Å². The van der Waals surface area contributed by atoms with Crippen LogP contribution >= 0.6 is 23.2 Å². The van der Waals surface area contributed by atoms with Gasteiger partial charge < -0.3 is 5.32 Å². The van der Waals surface area contributed by atoms with Gasteiger partial charge in [0.05, 0.1) is 27.7 Å². The Morgan fingerprint density at radius 3 is 2.08 bits per heavy atom. The number of benzene rings is 2. The van der Waals surface area contributed by atoms with Gasteiger partial charge in [-0.2, -0.15) is 0 Å². The minimum atomic E-state index is -3.65. The van der Waals surface area contributed by atoms with Crippen LogP contribution in [0, 0.1) is 0 Å². The monoisotopic (exact) mass is 414 g/mol. The lowest BCUT2D eigenvalue weighted by atomic mass is 10.0. The van der Waals surface area contributed by atoms with Gasteiger partial charge in [-0.1, -0.05) is 55.2 Å². The topological polar surface area (TPSA) is 66.5 Å². The number of nitrogens with zero attached hydrogens (tertiary/aromatic N) is 1. The Bertz CT molecular complexity index is 877. The fraction of sp³-hybridized carbons (Fsp3) is 0.278. The van der Waals surface area contributed by atoms with Crippen molar-refractivity contribution in [3.05, 3.63) is 58.1 Å². The molecule has 26 heavy (non-hydrogen) atoms. The molecule has 0 fully saturated rings. The predicted octanol–water partition coefficient (Wildman–Crippen LogP) is 4.52. The highest BCUT2D eigenvalue weighted by Crippen LogP contribution is 2.30. The first-order chi connectivity index (χ1) is 12.1. The van der Waals surface area contributed by atoms with Crippen molar-refractivity contribution in [2.75, 3.05) is 22.4 Å². The van der Waals surface area contributed by atoms with Crippen LogP contribution in [0.1, 0.15) is 25.3 Å². The number of rotatable bonds is 6. The maximum atomic E-state index is 12.4. The van der Waals surface area contributed by atoms with Gasteiger partial charge in [0.1, 0.15) is 6.54 Å². The van der Waals surface area contributed by atoms with Crippen molar-refractivity contribution in [1.82, 2.24) is 0 Å². The molecule has 8 heteroatoms. The molecule has 0 aliphatic heterocycles. The molecule has 1 amide bonds. The molecule has 2 aromatic rings. The highest BCUT2D eigenvalue weighted by molar-refractivity contribution is 7.92. The Balaban J connectivity index is 2.24. The Kier molecular flexibility index (Phi) is 6.55. The minimum Gasteiger partial charge on any atom is -0.322 e. The second-order valence-electron chi connectivity index (χ2n) is 6.16. The summed E-state index contributed by atoms with van der Waals surface area (Å²) in [6.07, 6.45) is 1.05. The number of nitrogens with one attached hydrogen (secondary N) is 1. The highest BCUT2D eigenvalue weighted by atomic mass is 35.5. The largest absolute Gasteiger partial charge is 0.322 e. The first-order valence-electron chi connectivity index (χ1n) is 7.91. The van der Waals surface area contributed by atoms with Gasteiger partial charge in [-0.15, -0.1) is 0 Å². The van der Waals surface area contributed by atoms with Crippen LogP contribution in [0.5, 0.6) is 0 Å². The van der Waals surface area contributed by atoms with Gasteiger partial charge >= 0.3 is 0 Å². The van der Waals surface area contributed by atoms with E-state index < -0.39 is 15.9 Å². The molecule has 0 unspecified atom stereocenters. The smallest absolute Gasteiger partial charge is 0.245 e. The molecule has 0 aromatic heterocycles. The van der Waals surface area contributed by atoms with Crippen LogP contribution in [-0.4, -0.2) is 27.1 Å². The number of carbonyl (C=O) groups excluding carboxylic acids is 1. The van der Waals surface area contributed by atoms with Crippen molar-refractivity contribution in [2.45, 2.75) is 19.8 Å². The predicted molar refractivity (Wildman–Crippen MR) is 108 cm³/mol. The van der Waals surface area contributed by atoms with E-state index in [1.54, 1.807) is 30.3 Å². The molecule has 0 radical (unpaired) electrons. The molecule has 0 aliphatic rings. The quantitative estimate of drug-likeness (QED) is 0.754. The number of para-hydroxylation sites is 1. The summed E-state index contributed by atoms with van der Waals surface area (Å²) < 4.78 is 25.4. The zero-order chi connectivity index (χ0) is 19.5. The van der Waals surface area contributed by atoms with Crippen molar-refractivity contribution < 1.29 is 13.2 Å². The van der Waals surface area contributed by atoms with Crippen molar-refractivity contribution >= 4 is 50.5 Å². The molecule has 0 saturated carbocycles. The van der Waals surface area contributed by atoms with Gasteiger partial charge in [0.15, 0.2) is 0 Å². The number of amides is 1. The molecule has 5 nitrogen and oxygen atoms in total. The number of anilines is 2. The summed E-state index contributed by atoms with van der Waals surface area (Å²) in [7, 11) is -3.65. The summed E-state index contributed by atoms with van der Waals surface area (Å²) in [5.74, 6) is -0.222. The van der Waals surface area contributed by atoms with E-state index in [1.807, 2.05) is 26.0 Å². The van der Waals surface area contributed by atoms with Gasteiger partial charge in [0, 0.05) is 0 Å². The summed E-state index contributed by atoms with van der Waals surface area (Å²) in [6, 6.07) is 11.9. The Labute approximate surface area is 164 Å². The van der Waals surface area contributed by atoms with Crippen molar-refractivity contribution in [3.63, 3.8) is 0 Å². The fourth-order valence-electron chi connectivity index (χ4n) is 2.35. The number of sulfonamides is 1. The summed E-state index contributed by atoms with van der Waals surface area (Å²) in [5.41, 5.74) is 1.75. The van der Waals surface area contributed by atoms with Gasteiger partial charge in [-0.25, -0.2) is 8.42 Å². The number of carbonyl (C=O) groups is 1. The Morgan fingerprint density at radius 2 is 1.62 bits per heavy atom. The Morgan fingerprint density at radius 1 is 1.08 bits per heavy atom. The maximum absolute atomic E-state index is 12.4. The summed E-state index contributed by atoms with van der Waals surface area (Å²) in [6.45, 7) is 3.70. The molecule has 2 rings (SSSR count). The lowest BCUT2D eigenvalue weighted by Crippen LogP contribution is -2.37. The highest BCUT2D eigenvalue weighted by Gasteiger charge is 2.22. The molecule has 0 aliphatic carbocycles. The number of halogens is 2. The molecule has 1 N–H and O–H groups in total. The fourth-order valence-corrected chi connectivity index (χ4v) is 3.70. The second-order valence-corrected chi connectivity index (χ2v) is 8.88. The molecule has 0 spiro atoms. The molecular weight excluding hydrogens is 395 g/mol. The SMILES string of the molecule is CC(C)c1ccc(N(CC(=O)Nc2c(Cl)cccc2Cl)S(C)(=O)=O)cc1. The average Bonchev–Trinajstić information content (AvgIpc) is 2.55. The summed E-state index contributed by atoms with van der Waals surface area (Å²) >= 11 is 12.1. The van der Waals surface area contributed by atoms with E-state index >= 15 is 0 Å². The molecular formula is C18H20Cl2N2O3S. The molecule has 140 valence electrons. The summed E-state index contributed by atoms with van der Waals surface area (Å²) in [4.78, 5) is 12.4. The van der Waals surface area contributed by atoms with Crippen LogP contribution in [0.2, 0.25) is 10.0 Å². The van der Waals surface area contributed by atoms with E-state index in [-0.39, 0.29) is 22.3 Å². The van der Waals surface area contributed by atoms with E-state index in [0.717, 1.165) is 16.1 Å². The van der Waals surface area contributed by atoms with Crippen LogP contribution in [0.4, 0.5) is 11.4 Å². The molecule has 0 bridgehead atoms. The summed E-state index contributed by atoms with van der Waals surface area (Å²) in [5, 5.41) is 3.12. The third-order valence-electron chi connectivity index (χ3n) is 3.76. The van der Waals surface area contributed by atoms with Crippen molar-refractivity contribution in [2.24, 2.45) is 0 Å². The zero-order valence-corrected chi connectivity index (χ0v) is 17.0. The zero-order valence-electron chi connectivity index (χ0n) is 14.7. The molecule has 0 saturated heterocycles. The maximum Gasteiger partial charge on any atom is 0.245 e. The minimum absolute atomic E-state index is 0.254. The third-order valence-corrected chi connectivity index (χ3v) is 5.53. The first kappa shape index (κ1) is 20.6. The average molecular weight is 415 g/mol. The normalized spacial score (nSPS) is 11.5. The molecule has 0 heterocycles. The standard InChI is InChI=1S/C18H20Cl2N2O3S/c1-12(2)13-7-9-14(10-8-13)22(26(3,24)25)11-17(23)21-18-15(19)5-4-6-16(18)20/h4-10,12H,11H2,1-3H3,(H,21,23). The van der Waals surface area contributed by atoms with Crippen LogP contribution in [0.25, 0.3) is 0 Å². The van der Waals surface area contributed by atoms with Crippen molar-refractivity contribution in [3.8, 4) is 0 Å². The van der Waals surface area contributed by atoms with E-state index in [2.05, 4.69) is 5.32 Å². The Hall–Kier alpha value is -1.76. The lowest BCUT2D eigenvalue weighted by Gasteiger charge is -2.22. The molecule has 2 aromatic carbocycles. The van der Waals surface area contributed by atoms with E-state index in [0.29, 0.717) is 11.6 Å². The van der Waals surface area contributed by atoms with Gasteiger partial charge in [-0.05, 0) is 35.7 Å². The second kappa shape index (κ2) is 8.29. The van der Waals surface area contributed by atoms with E-state index in [4.69, 9.17) is 23.2 Å². The van der Waals surface area contributed by atoms with Crippen LogP contribution in [0.3, 0.4) is 0 Å². The first-order valence-corrected chi connectivity index (χ1v) is 10.5. The van der Waals surface area contributed by atoms with E-state index in [9.17, 15) is 13.2 Å². The van der Waals surface area contributed by atoms with Crippen LogP contribution in [-0.2, 0) is 14.8 Å². The van der Waals surface area contributed by atoms with Gasteiger partial charge in [0.2, 0.25) is 15.9 Å². The molecule has 0 atom stereocenters. The van der Waals surface area contributed by atoms with Crippen LogP contribution in [0.15, 0.2) is 42.5 Å². The van der Waals surface area contributed by atoms with E-state index in [1.165, 1.54) is 0 Å². The lowest BCUT2D eigenvalue weighted by molar-refractivity contribution is -0.114. The number of hydrogen-bond acceptors (Lipinski definition) is 3. The number of hydrogen-bond donors (Lipinski definition) is 1. The third kappa shape index (κ3) is 5.13. The van der Waals surface area contributed by atoms with Gasteiger partial charge in [0.25, 0.3) is 0 Å². The van der Waals surface area contributed by atoms with Crippen molar-refractivity contribution in [1.29, 1.82) is 0 Å². The van der Waals surface area contributed by atoms with Crippen LogP contribution < -0.4 is 9.62 Å².